The van der Waals surface area contributed by atoms with Crippen molar-refractivity contribution in [3.63, 3.8) is 0 Å². The standard InChI is InChI=1S/C33H30N6O3/c1-42-22-27(18-23-7-10-28(40)11-8-23)36-33(41)31-20-32(39-16-4-14-35-39)29-19-26(9-12-30(29)37-31)25-6-2-5-24(17-25)21-38-15-3-13-34-38/h2-17,19-20,27,40H,18,21-22H2,1H3,(H,36,41)/t27-/m0/s1. The first-order chi connectivity index (χ1) is 20.6. The van der Waals surface area contributed by atoms with Gasteiger partial charge in [0.05, 0.1) is 30.4 Å². The van der Waals surface area contributed by atoms with Crippen LogP contribution in [0.25, 0.3) is 27.7 Å². The van der Waals surface area contributed by atoms with E-state index in [1.165, 1.54) is 0 Å². The molecule has 6 aromatic rings. The van der Waals surface area contributed by atoms with Crippen LogP contribution in [-0.2, 0) is 17.7 Å². The lowest BCUT2D eigenvalue weighted by atomic mass is 10.00. The number of carbonyl (C=O) groups is 1. The number of nitrogens with one attached hydrogen (secondary N) is 1. The molecule has 0 aliphatic rings. The molecule has 1 atom stereocenters. The molecular formula is C33H30N6O3. The van der Waals surface area contributed by atoms with Crippen molar-refractivity contribution in [3.05, 3.63) is 127 Å². The lowest BCUT2D eigenvalue weighted by Crippen LogP contribution is -2.40. The van der Waals surface area contributed by atoms with E-state index in [1.54, 1.807) is 42.4 Å². The zero-order valence-electron chi connectivity index (χ0n) is 23.1. The van der Waals surface area contributed by atoms with Crippen LogP contribution in [0.15, 0.2) is 110 Å². The van der Waals surface area contributed by atoms with E-state index >= 15 is 0 Å². The van der Waals surface area contributed by atoms with Gasteiger partial charge >= 0.3 is 0 Å². The van der Waals surface area contributed by atoms with E-state index in [9.17, 15) is 9.90 Å². The summed E-state index contributed by atoms with van der Waals surface area (Å²) in [5.74, 6) is -0.107. The molecule has 0 unspecified atom stereocenters. The van der Waals surface area contributed by atoms with Crippen LogP contribution < -0.4 is 5.32 Å². The van der Waals surface area contributed by atoms with Crippen LogP contribution in [0, 0.1) is 0 Å². The van der Waals surface area contributed by atoms with E-state index in [1.807, 2.05) is 59.5 Å². The predicted octanol–water partition coefficient (Wildman–Crippen LogP) is 5.03. The first kappa shape index (κ1) is 26.9. The van der Waals surface area contributed by atoms with Crippen molar-refractivity contribution in [2.45, 2.75) is 19.0 Å². The Bertz CT molecular complexity index is 1800. The second-order valence-electron chi connectivity index (χ2n) is 10.1. The summed E-state index contributed by atoms with van der Waals surface area (Å²) in [5, 5.41) is 22.3. The van der Waals surface area contributed by atoms with Crippen molar-refractivity contribution in [3.8, 4) is 22.6 Å². The van der Waals surface area contributed by atoms with E-state index in [0.29, 0.717) is 25.1 Å². The maximum Gasteiger partial charge on any atom is 0.270 e. The first-order valence-electron chi connectivity index (χ1n) is 13.6. The number of aromatic nitrogens is 5. The van der Waals surface area contributed by atoms with Crippen LogP contribution in [0.3, 0.4) is 0 Å². The molecule has 0 spiro atoms. The van der Waals surface area contributed by atoms with Crippen LogP contribution in [-0.4, -0.2) is 55.3 Å². The van der Waals surface area contributed by atoms with Gasteiger partial charge in [-0.1, -0.05) is 36.4 Å². The van der Waals surface area contributed by atoms with Crippen molar-refractivity contribution >= 4 is 16.8 Å². The van der Waals surface area contributed by atoms with E-state index in [-0.39, 0.29) is 23.4 Å². The number of aromatic hydroxyl groups is 1. The minimum atomic E-state index is -0.304. The van der Waals surface area contributed by atoms with E-state index in [2.05, 4.69) is 39.8 Å². The van der Waals surface area contributed by atoms with Gasteiger partial charge < -0.3 is 15.2 Å². The molecule has 0 aliphatic carbocycles. The molecule has 3 aromatic heterocycles. The Kier molecular flexibility index (Phi) is 7.74. The fourth-order valence-corrected chi connectivity index (χ4v) is 5.06. The van der Waals surface area contributed by atoms with Gasteiger partial charge in [0, 0.05) is 37.3 Å². The van der Waals surface area contributed by atoms with Gasteiger partial charge in [0.25, 0.3) is 5.91 Å². The van der Waals surface area contributed by atoms with Crippen molar-refractivity contribution in [2.24, 2.45) is 0 Å². The van der Waals surface area contributed by atoms with E-state index in [4.69, 9.17) is 9.72 Å². The van der Waals surface area contributed by atoms with Crippen LogP contribution >= 0.6 is 0 Å². The number of amides is 1. The number of methoxy groups -OCH3 is 1. The zero-order valence-corrected chi connectivity index (χ0v) is 23.1. The molecule has 3 aromatic carbocycles. The second kappa shape index (κ2) is 12.1. The molecule has 9 heteroatoms. The van der Waals surface area contributed by atoms with Crippen LogP contribution in [0.1, 0.15) is 21.6 Å². The highest BCUT2D eigenvalue weighted by molar-refractivity contribution is 5.99. The number of nitrogens with zero attached hydrogens (tertiary/aromatic N) is 5. The third kappa shape index (κ3) is 6.06. The van der Waals surface area contributed by atoms with Crippen LogP contribution in [0.4, 0.5) is 0 Å². The van der Waals surface area contributed by atoms with E-state index in [0.717, 1.165) is 33.3 Å². The zero-order chi connectivity index (χ0) is 28.9. The maximum atomic E-state index is 13.5. The molecule has 42 heavy (non-hydrogen) atoms. The lowest BCUT2D eigenvalue weighted by molar-refractivity contribution is 0.0892. The largest absolute Gasteiger partial charge is 0.508 e. The van der Waals surface area contributed by atoms with Crippen molar-refractivity contribution < 1.29 is 14.6 Å². The minimum Gasteiger partial charge on any atom is -0.508 e. The van der Waals surface area contributed by atoms with Gasteiger partial charge in [-0.2, -0.15) is 10.2 Å². The number of hydrogen-bond acceptors (Lipinski definition) is 6. The number of carbonyl (C=O) groups excluding carboxylic acids is 1. The molecular weight excluding hydrogens is 528 g/mol. The quantitative estimate of drug-likeness (QED) is 0.244. The molecule has 9 nitrogen and oxygen atoms in total. The lowest BCUT2D eigenvalue weighted by Gasteiger charge is -2.19. The highest BCUT2D eigenvalue weighted by atomic mass is 16.5. The normalized spacial score (nSPS) is 11.9. The highest BCUT2D eigenvalue weighted by Crippen LogP contribution is 2.29. The maximum absolute atomic E-state index is 13.5. The molecule has 0 bridgehead atoms. The summed E-state index contributed by atoms with van der Waals surface area (Å²) < 4.78 is 9.03. The van der Waals surface area contributed by atoms with E-state index < -0.39 is 0 Å². The number of phenols is 1. The van der Waals surface area contributed by atoms with Gasteiger partial charge in [-0.05, 0) is 77.2 Å². The minimum absolute atomic E-state index is 0.197. The summed E-state index contributed by atoms with van der Waals surface area (Å²) in [6.45, 7) is 1.01. The smallest absolute Gasteiger partial charge is 0.270 e. The fraction of sp³-hybridized carbons (Fsp3) is 0.152. The van der Waals surface area contributed by atoms with Crippen molar-refractivity contribution in [1.29, 1.82) is 0 Å². The van der Waals surface area contributed by atoms with Crippen molar-refractivity contribution in [1.82, 2.24) is 29.9 Å². The second-order valence-corrected chi connectivity index (χ2v) is 10.1. The van der Waals surface area contributed by atoms with Crippen LogP contribution in [0.5, 0.6) is 5.75 Å². The number of pyridine rings is 1. The summed E-state index contributed by atoms with van der Waals surface area (Å²) in [4.78, 5) is 18.2. The monoisotopic (exact) mass is 558 g/mol. The number of benzene rings is 3. The Morgan fingerprint density at radius 3 is 2.48 bits per heavy atom. The van der Waals surface area contributed by atoms with Crippen molar-refractivity contribution in [2.75, 3.05) is 13.7 Å². The summed E-state index contributed by atoms with van der Waals surface area (Å²) in [7, 11) is 1.60. The Hall–Kier alpha value is -5.28. The Morgan fingerprint density at radius 1 is 0.905 bits per heavy atom. The molecule has 6 rings (SSSR count). The summed E-state index contributed by atoms with van der Waals surface area (Å²) >= 11 is 0. The predicted molar refractivity (Wildman–Crippen MR) is 161 cm³/mol. The highest BCUT2D eigenvalue weighted by Gasteiger charge is 2.19. The average molecular weight is 559 g/mol. The number of rotatable bonds is 10. The van der Waals surface area contributed by atoms with Crippen LogP contribution in [0.2, 0.25) is 0 Å². The molecule has 0 aliphatic heterocycles. The molecule has 0 radical (unpaired) electrons. The van der Waals surface area contributed by atoms with Gasteiger partial charge in [0.15, 0.2) is 0 Å². The summed E-state index contributed by atoms with van der Waals surface area (Å²) in [5.41, 5.74) is 5.95. The number of fused-ring (bicyclic) bond motifs is 1. The van der Waals surface area contributed by atoms with Gasteiger partial charge in [-0.3, -0.25) is 9.48 Å². The molecule has 1 amide bonds. The SMILES string of the molecule is COC[C@H](Cc1ccc(O)cc1)NC(=O)c1cc(-n2cccn2)c2cc(-c3cccc(Cn4cccn4)c3)ccc2n1. The molecule has 210 valence electrons. The first-order valence-corrected chi connectivity index (χ1v) is 13.6. The Morgan fingerprint density at radius 2 is 1.71 bits per heavy atom. The van der Waals surface area contributed by atoms with Gasteiger partial charge in [-0.15, -0.1) is 0 Å². The van der Waals surface area contributed by atoms with Gasteiger partial charge in [0.1, 0.15) is 11.4 Å². The topological polar surface area (TPSA) is 107 Å². The molecule has 3 heterocycles. The molecule has 0 saturated carbocycles. The average Bonchev–Trinajstić information content (AvgIpc) is 3.73. The summed E-state index contributed by atoms with van der Waals surface area (Å²) in [6.07, 6.45) is 7.83. The molecule has 2 N–H and O–H groups in total. The number of phenolic OH excluding ortho intramolecular Hbond substituents is 1. The third-order valence-electron chi connectivity index (χ3n) is 7.06. The summed E-state index contributed by atoms with van der Waals surface area (Å²) in [6, 6.07) is 26.6. The molecule has 0 saturated heterocycles. The Balaban J connectivity index is 1.32. The van der Waals surface area contributed by atoms with Gasteiger partial charge in [-0.25, -0.2) is 9.67 Å². The number of hydrogen-bond donors (Lipinski definition) is 2. The Labute approximate surface area is 243 Å². The van der Waals surface area contributed by atoms with Gasteiger partial charge in [0.2, 0.25) is 0 Å². The number of ether oxygens (including phenoxy) is 1. The molecule has 0 fully saturated rings. The third-order valence-corrected chi connectivity index (χ3v) is 7.06. The fourth-order valence-electron chi connectivity index (χ4n) is 5.06.